The largest absolute Gasteiger partial charge is 0.372 e. The van der Waals surface area contributed by atoms with Crippen molar-refractivity contribution in [3.05, 3.63) is 53.6 Å². The summed E-state index contributed by atoms with van der Waals surface area (Å²) in [6.45, 7) is 5.32. The van der Waals surface area contributed by atoms with Gasteiger partial charge in [0, 0.05) is 38.1 Å². The van der Waals surface area contributed by atoms with Crippen molar-refractivity contribution < 1.29 is 4.79 Å². The van der Waals surface area contributed by atoms with E-state index in [0.717, 1.165) is 17.8 Å². The van der Waals surface area contributed by atoms with Gasteiger partial charge in [-0.05, 0) is 25.5 Å². The molecule has 1 aromatic carbocycles. The lowest BCUT2D eigenvalue weighted by Gasteiger charge is -2.28. The van der Waals surface area contributed by atoms with Gasteiger partial charge in [-0.15, -0.1) is 0 Å². The first-order chi connectivity index (χ1) is 10.6. The number of rotatable bonds is 1. The van der Waals surface area contributed by atoms with Crippen LogP contribution in [0.25, 0.3) is 0 Å². The summed E-state index contributed by atoms with van der Waals surface area (Å²) in [5.74, 6) is -0.0647. The summed E-state index contributed by atoms with van der Waals surface area (Å²) < 4.78 is 0. The zero-order valence-electron chi connectivity index (χ0n) is 13.2. The van der Waals surface area contributed by atoms with Crippen LogP contribution < -0.4 is 4.90 Å². The summed E-state index contributed by atoms with van der Waals surface area (Å²) in [6.07, 6.45) is 3.20. The van der Waals surface area contributed by atoms with E-state index < -0.39 is 0 Å². The first-order valence-corrected chi connectivity index (χ1v) is 7.45. The summed E-state index contributed by atoms with van der Waals surface area (Å²) in [6, 6.07) is 8.32. The fraction of sp³-hybridized carbons (Fsp3) is 0.353. The van der Waals surface area contributed by atoms with Crippen LogP contribution in [0.1, 0.15) is 28.7 Å². The average molecular weight is 296 g/mol. The van der Waals surface area contributed by atoms with E-state index in [0.29, 0.717) is 12.2 Å². The first-order valence-electron chi connectivity index (χ1n) is 7.45. The smallest absolute Gasteiger partial charge is 0.274 e. The summed E-state index contributed by atoms with van der Waals surface area (Å²) in [5, 5.41) is 0. The number of hydrogen-bond acceptors (Lipinski definition) is 4. The topological polar surface area (TPSA) is 49.3 Å². The maximum atomic E-state index is 12.8. The lowest BCUT2D eigenvalue weighted by molar-refractivity contribution is 0.0680. The molecule has 1 amide bonds. The van der Waals surface area contributed by atoms with E-state index in [9.17, 15) is 4.79 Å². The number of likely N-dealkylation sites (N-methyl/N-ethyl adjacent to an activating group) is 1. The van der Waals surface area contributed by atoms with Crippen LogP contribution in [0.15, 0.2) is 36.7 Å². The van der Waals surface area contributed by atoms with Crippen LogP contribution in [-0.4, -0.2) is 40.4 Å². The van der Waals surface area contributed by atoms with Crippen molar-refractivity contribution in [2.24, 2.45) is 0 Å². The highest BCUT2D eigenvalue weighted by atomic mass is 16.2. The molecule has 0 saturated carbocycles. The number of benzene rings is 1. The van der Waals surface area contributed by atoms with E-state index in [1.165, 1.54) is 5.69 Å². The number of carbonyl (C=O) groups is 1. The normalized spacial score (nSPS) is 17.9. The molecule has 0 aliphatic carbocycles. The SMILES string of the molecule is Cc1cnc(C(=O)N2Cc3ccccc3N(C)C[C@@H]2C)cn1. The highest BCUT2D eigenvalue weighted by molar-refractivity contribution is 5.92. The van der Waals surface area contributed by atoms with Gasteiger partial charge in [0.05, 0.1) is 11.9 Å². The molecule has 2 aromatic rings. The zero-order valence-corrected chi connectivity index (χ0v) is 13.2. The summed E-state index contributed by atoms with van der Waals surface area (Å²) in [5.41, 5.74) is 3.55. The molecule has 0 unspecified atom stereocenters. The fourth-order valence-electron chi connectivity index (χ4n) is 2.87. The molecule has 0 radical (unpaired) electrons. The number of aromatic nitrogens is 2. The second-order valence-corrected chi connectivity index (χ2v) is 5.83. The molecule has 5 nitrogen and oxygen atoms in total. The van der Waals surface area contributed by atoms with E-state index in [1.807, 2.05) is 24.0 Å². The maximum Gasteiger partial charge on any atom is 0.274 e. The van der Waals surface area contributed by atoms with Gasteiger partial charge in [0.15, 0.2) is 0 Å². The van der Waals surface area contributed by atoms with Crippen LogP contribution in [-0.2, 0) is 6.54 Å². The number of anilines is 1. The molecule has 0 N–H and O–H groups in total. The van der Waals surface area contributed by atoms with Crippen LogP contribution in [0.3, 0.4) is 0 Å². The van der Waals surface area contributed by atoms with Gasteiger partial charge < -0.3 is 9.80 Å². The molecule has 1 aliphatic rings. The highest BCUT2D eigenvalue weighted by Gasteiger charge is 2.28. The molecule has 0 bridgehead atoms. The lowest BCUT2D eigenvalue weighted by Crippen LogP contribution is -2.42. The van der Waals surface area contributed by atoms with Crippen molar-refractivity contribution in [1.29, 1.82) is 0 Å². The number of para-hydroxylation sites is 1. The Kier molecular flexibility index (Phi) is 3.79. The van der Waals surface area contributed by atoms with Crippen molar-refractivity contribution >= 4 is 11.6 Å². The second-order valence-electron chi connectivity index (χ2n) is 5.83. The Morgan fingerprint density at radius 1 is 1.23 bits per heavy atom. The summed E-state index contributed by atoms with van der Waals surface area (Å²) >= 11 is 0. The van der Waals surface area contributed by atoms with Gasteiger partial charge in [-0.1, -0.05) is 18.2 Å². The molecule has 22 heavy (non-hydrogen) atoms. The van der Waals surface area contributed by atoms with Gasteiger partial charge in [0.25, 0.3) is 5.91 Å². The molecule has 1 aliphatic heterocycles. The fourth-order valence-corrected chi connectivity index (χ4v) is 2.87. The molecule has 0 spiro atoms. The predicted molar refractivity (Wildman–Crippen MR) is 85.8 cm³/mol. The Bertz CT molecular complexity index is 683. The molecule has 1 aromatic heterocycles. The highest BCUT2D eigenvalue weighted by Crippen LogP contribution is 2.26. The number of hydrogen-bond donors (Lipinski definition) is 0. The Morgan fingerprint density at radius 3 is 2.73 bits per heavy atom. The lowest BCUT2D eigenvalue weighted by atomic mass is 10.1. The quantitative estimate of drug-likeness (QED) is 0.810. The third-order valence-corrected chi connectivity index (χ3v) is 4.07. The van der Waals surface area contributed by atoms with E-state index in [2.05, 4.69) is 41.0 Å². The third-order valence-electron chi connectivity index (χ3n) is 4.07. The maximum absolute atomic E-state index is 12.8. The average Bonchev–Trinajstić information content (AvgIpc) is 2.64. The van der Waals surface area contributed by atoms with Crippen LogP contribution in [0, 0.1) is 6.92 Å². The van der Waals surface area contributed by atoms with Gasteiger partial charge in [-0.25, -0.2) is 4.98 Å². The van der Waals surface area contributed by atoms with E-state index in [1.54, 1.807) is 12.4 Å². The van der Waals surface area contributed by atoms with Gasteiger partial charge >= 0.3 is 0 Å². The summed E-state index contributed by atoms with van der Waals surface area (Å²) in [7, 11) is 2.06. The van der Waals surface area contributed by atoms with Crippen molar-refractivity contribution in [2.75, 3.05) is 18.5 Å². The minimum absolute atomic E-state index is 0.0647. The molecule has 2 heterocycles. The monoisotopic (exact) mass is 296 g/mol. The Labute approximate surface area is 130 Å². The zero-order chi connectivity index (χ0) is 15.7. The van der Waals surface area contributed by atoms with E-state index in [4.69, 9.17) is 0 Å². The number of aryl methyl sites for hydroxylation is 1. The van der Waals surface area contributed by atoms with Crippen LogP contribution in [0.2, 0.25) is 0 Å². The van der Waals surface area contributed by atoms with E-state index >= 15 is 0 Å². The predicted octanol–water partition coefficient (Wildman–Crippen LogP) is 2.27. The Balaban J connectivity index is 1.93. The van der Waals surface area contributed by atoms with Crippen molar-refractivity contribution in [3.8, 4) is 0 Å². The minimum Gasteiger partial charge on any atom is -0.372 e. The van der Waals surface area contributed by atoms with Crippen molar-refractivity contribution in [3.63, 3.8) is 0 Å². The molecule has 5 heteroatoms. The molecule has 1 atom stereocenters. The van der Waals surface area contributed by atoms with Gasteiger partial charge in [0.2, 0.25) is 0 Å². The molecule has 0 saturated heterocycles. The van der Waals surface area contributed by atoms with Crippen LogP contribution in [0.5, 0.6) is 0 Å². The number of amides is 1. The molecular weight excluding hydrogens is 276 g/mol. The molecule has 114 valence electrons. The summed E-state index contributed by atoms with van der Waals surface area (Å²) in [4.78, 5) is 25.3. The Morgan fingerprint density at radius 2 is 2.00 bits per heavy atom. The van der Waals surface area contributed by atoms with Gasteiger partial charge in [-0.2, -0.15) is 0 Å². The molecular formula is C17H20N4O. The standard InChI is InChI=1S/C17H20N4O/c1-12-8-19-15(9-18-12)17(22)21-11-14-6-4-5-7-16(14)20(3)10-13(21)2/h4-9,13H,10-11H2,1-3H3/t13-/m0/s1. The van der Waals surface area contributed by atoms with Crippen molar-refractivity contribution in [1.82, 2.24) is 14.9 Å². The molecule has 3 rings (SSSR count). The van der Waals surface area contributed by atoms with Gasteiger partial charge in [-0.3, -0.25) is 9.78 Å². The number of carbonyl (C=O) groups excluding carboxylic acids is 1. The second kappa shape index (κ2) is 5.75. The van der Waals surface area contributed by atoms with Gasteiger partial charge in [0.1, 0.15) is 5.69 Å². The first kappa shape index (κ1) is 14.5. The third kappa shape index (κ3) is 2.66. The number of fused-ring (bicyclic) bond motifs is 1. The number of nitrogens with zero attached hydrogens (tertiary/aromatic N) is 4. The van der Waals surface area contributed by atoms with Crippen LogP contribution in [0.4, 0.5) is 5.69 Å². The van der Waals surface area contributed by atoms with E-state index in [-0.39, 0.29) is 11.9 Å². The Hall–Kier alpha value is -2.43. The van der Waals surface area contributed by atoms with Crippen LogP contribution >= 0.6 is 0 Å². The minimum atomic E-state index is -0.0647. The van der Waals surface area contributed by atoms with Crippen molar-refractivity contribution in [2.45, 2.75) is 26.4 Å². The molecule has 0 fully saturated rings.